The lowest BCUT2D eigenvalue weighted by molar-refractivity contribution is -0.123. The lowest BCUT2D eigenvalue weighted by Gasteiger charge is -2.11. The minimum atomic E-state index is -0.0359. The van der Waals surface area contributed by atoms with E-state index in [2.05, 4.69) is 15.6 Å². The number of rotatable bonds is 7. The number of hydrogen-bond donors (Lipinski definition) is 3. The third-order valence-corrected chi connectivity index (χ3v) is 2.87. The van der Waals surface area contributed by atoms with Crippen molar-refractivity contribution in [2.75, 3.05) is 32.6 Å². The third kappa shape index (κ3) is 7.40. The summed E-state index contributed by atoms with van der Waals surface area (Å²) in [6, 6.07) is 5.35. The summed E-state index contributed by atoms with van der Waals surface area (Å²) in [5.74, 6) is 1.48. The molecule has 0 unspecified atom stereocenters. The van der Waals surface area contributed by atoms with Crippen LogP contribution in [0.25, 0.3) is 0 Å². The fourth-order valence-electron chi connectivity index (χ4n) is 1.66. The first-order valence-electron chi connectivity index (χ1n) is 7.04. The van der Waals surface area contributed by atoms with Crippen molar-refractivity contribution >= 4 is 41.5 Å². The van der Waals surface area contributed by atoms with Crippen LogP contribution < -0.4 is 25.8 Å². The van der Waals surface area contributed by atoms with Gasteiger partial charge in [-0.3, -0.25) is 9.79 Å². The van der Waals surface area contributed by atoms with Gasteiger partial charge in [-0.1, -0.05) is 13.8 Å². The van der Waals surface area contributed by atoms with E-state index in [1.54, 1.807) is 26.4 Å². The second kappa shape index (κ2) is 10.9. The average molecular weight is 436 g/mol. The van der Waals surface area contributed by atoms with Crippen LogP contribution in [0.2, 0.25) is 0 Å². The molecule has 8 heteroatoms. The van der Waals surface area contributed by atoms with Crippen LogP contribution in [0.5, 0.6) is 11.5 Å². The maximum atomic E-state index is 11.4. The number of carbonyl (C=O) groups is 1. The number of anilines is 1. The van der Waals surface area contributed by atoms with E-state index in [1.165, 1.54) is 0 Å². The van der Waals surface area contributed by atoms with E-state index in [0.29, 0.717) is 24.6 Å². The van der Waals surface area contributed by atoms with Crippen LogP contribution in [0.15, 0.2) is 23.2 Å². The quantitative estimate of drug-likeness (QED) is 0.262. The Balaban J connectivity index is 0.00000484. The summed E-state index contributed by atoms with van der Waals surface area (Å²) in [7, 11) is 3.14. The summed E-state index contributed by atoms with van der Waals surface area (Å²) >= 11 is 0. The zero-order valence-corrected chi connectivity index (χ0v) is 16.2. The van der Waals surface area contributed by atoms with Gasteiger partial charge in [0.05, 0.1) is 20.8 Å². The van der Waals surface area contributed by atoms with Gasteiger partial charge in [0.15, 0.2) is 17.5 Å². The molecule has 0 radical (unpaired) electrons. The van der Waals surface area contributed by atoms with E-state index in [9.17, 15) is 4.79 Å². The van der Waals surface area contributed by atoms with E-state index in [-0.39, 0.29) is 41.8 Å². The van der Waals surface area contributed by atoms with Gasteiger partial charge < -0.3 is 25.8 Å². The molecule has 1 aromatic rings. The predicted molar refractivity (Wildman–Crippen MR) is 103 cm³/mol. The minimum absolute atomic E-state index is 0. The molecule has 0 fully saturated rings. The first-order chi connectivity index (χ1) is 10.5. The summed E-state index contributed by atoms with van der Waals surface area (Å²) in [4.78, 5) is 15.5. The van der Waals surface area contributed by atoms with Crippen molar-refractivity contribution in [3.8, 4) is 11.5 Å². The SMILES string of the molecule is COc1ccc(NC(N)=NCCNC(=O)C(C)C)cc1OC.I. The van der Waals surface area contributed by atoms with Gasteiger partial charge in [0.1, 0.15) is 0 Å². The number of benzene rings is 1. The van der Waals surface area contributed by atoms with E-state index in [4.69, 9.17) is 15.2 Å². The molecule has 0 bridgehead atoms. The number of hydrogen-bond acceptors (Lipinski definition) is 4. The number of carbonyl (C=O) groups excluding carboxylic acids is 1. The smallest absolute Gasteiger partial charge is 0.222 e. The summed E-state index contributed by atoms with van der Waals surface area (Å²) in [5, 5.41) is 5.73. The molecule has 0 spiro atoms. The zero-order chi connectivity index (χ0) is 16.5. The molecule has 1 rings (SSSR count). The van der Waals surface area contributed by atoms with E-state index < -0.39 is 0 Å². The maximum Gasteiger partial charge on any atom is 0.222 e. The first kappa shape index (κ1) is 21.3. The van der Waals surface area contributed by atoms with Gasteiger partial charge in [-0.25, -0.2) is 0 Å². The highest BCUT2D eigenvalue weighted by atomic mass is 127. The lowest BCUT2D eigenvalue weighted by atomic mass is 10.2. The zero-order valence-electron chi connectivity index (χ0n) is 13.9. The van der Waals surface area contributed by atoms with Gasteiger partial charge in [-0.15, -0.1) is 24.0 Å². The van der Waals surface area contributed by atoms with Gasteiger partial charge in [-0.05, 0) is 12.1 Å². The van der Waals surface area contributed by atoms with Crippen molar-refractivity contribution in [3.05, 3.63) is 18.2 Å². The molecule has 0 saturated carbocycles. The molecule has 7 nitrogen and oxygen atoms in total. The lowest BCUT2D eigenvalue weighted by Crippen LogP contribution is -2.31. The predicted octanol–water partition coefficient (Wildman–Crippen LogP) is 1.82. The Bertz CT molecular complexity index is 535. The topological polar surface area (TPSA) is 98.0 Å². The second-order valence-electron chi connectivity index (χ2n) is 4.91. The summed E-state index contributed by atoms with van der Waals surface area (Å²) in [6.45, 7) is 4.53. The molecule has 0 aliphatic heterocycles. The molecular weight excluding hydrogens is 411 g/mol. The van der Waals surface area contributed by atoms with Gasteiger partial charge >= 0.3 is 0 Å². The fraction of sp³-hybridized carbons (Fsp3) is 0.467. The number of nitrogens with two attached hydrogens (primary N) is 1. The Kier molecular flexibility index (Phi) is 10.1. The first-order valence-corrected chi connectivity index (χ1v) is 7.04. The van der Waals surface area contributed by atoms with Crippen LogP contribution in [0.4, 0.5) is 5.69 Å². The standard InChI is InChI=1S/C15H24N4O3.HI/c1-10(2)14(20)17-7-8-18-15(16)19-11-5-6-12(21-3)13(9-11)22-4;/h5-6,9-10H,7-8H2,1-4H3,(H,17,20)(H3,16,18,19);1H. The Labute approximate surface area is 154 Å². The number of aliphatic imine (C=N–C) groups is 1. The molecule has 1 amide bonds. The van der Waals surface area contributed by atoms with Gasteiger partial charge in [0.25, 0.3) is 0 Å². The van der Waals surface area contributed by atoms with E-state index in [0.717, 1.165) is 5.69 Å². The molecule has 0 aliphatic carbocycles. The molecule has 23 heavy (non-hydrogen) atoms. The van der Waals surface area contributed by atoms with Gasteiger partial charge in [0, 0.05) is 24.2 Å². The van der Waals surface area contributed by atoms with Gasteiger partial charge in [0.2, 0.25) is 5.91 Å². The third-order valence-electron chi connectivity index (χ3n) is 2.87. The van der Waals surface area contributed by atoms with E-state index >= 15 is 0 Å². The van der Waals surface area contributed by atoms with Crippen molar-refractivity contribution in [2.45, 2.75) is 13.8 Å². The van der Waals surface area contributed by atoms with Crippen LogP contribution in [-0.4, -0.2) is 39.2 Å². The van der Waals surface area contributed by atoms with Crippen molar-refractivity contribution in [1.82, 2.24) is 5.32 Å². The molecule has 0 atom stereocenters. The van der Waals surface area contributed by atoms with Crippen LogP contribution in [0, 0.1) is 5.92 Å². The molecule has 0 heterocycles. The Morgan fingerprint density at radius 3 is 2.48 bits per heavy atom. The van der Waals surface area contributed by atoms with Crippen LogP contribution in [0.3, 0.4) is 0 Å². The molecule has 1 aromatic carbocycles. The van der Waals surface area contributed by atoms with Crippen molar-refractivity contribution in [1.29, 1.82) is 0 Å². The number of halogens is 1. The maximum absolute atomic E-state index is 11.4. The minimum Gasteiger partial charge on any atom is -0.493 e. The molecule has 4 N–H and O–H groups in total. The highest BCUT2D eigenvalue weighted by Gasteiger charge is 2.06. The molecular formula is C15H25IN4O3. The number of methoxy groups -OCH3 is 2. The Morgan fingerprint density at radius 1 is 1.26 bits per heavy atom. The molecule has 0 aromatic heterocycles. The number of ether oxygens (including phenoxy) is 2. The highest BCUT2D eigenvalue weighted by molar-refractivity contribution is 14.0. The van der Waals surface area contributed by atoms with Crippen molar-refractivity contribution in [3.63, 3.8) is 0 Å². The van der Waals surface area contributed by atoms with Crippen LogP contribution >= 0.6 is 24.0 Å². The number of nitrogens with one attached hydrogen (secondary N) is 2. The second-order valence-corrected chi connectivity index (χ2v) is 4.91. The number of guanidine groups is 1. The van der Waals surface area contributed by atoms with Gasteiger partial charge in [-0.2, -0.15) is 0 Å². The monoisotopic (exact) mass is 436 g/mol. The Morgan fingerprint density at radius 2 is 1.91 bits per heavy atom. The summed E-state index contributed by atoms with van der Waals surface area (Å²) < 4.78 is 10.4. The van der Waals surface area contributed by atoms with Crippen molar-refractivity contribution in [2.24, 2.45) is 16.6 Å². The van der Waals surface area contributed by atoms with Crippen molar-refractivity contribution < 1.29 is 14.3 Å². The summed E-state index contributed by atoms with van der Waals surface area (Å²) in [6.07, 6.45) is 0. The molecule has 0 aliphatic rings. The normalized spacial score (nSPS) is 10.7. The molecule has 130 valence electrons. The average Bonchev–Trinajstić information content (AvgIpc) is 2.50. The van der Waals surface area contributed by atoms with Crippen LogP contribution in [0.1, 0.15) is 13.8 Å². The number of nitrogens with zero attached hydrogens (tertiary/aromatic N) is 1. The highest BCUT2D eigenvalue weighted by Crippen LogP contribution is 2.29. The molecule has 0 saturated heterocycles. The largest absolute Gasteiger partial charge is 0.493 e. The van der Waals surface area contributed by atoms with Crippen LogP contribution in [-0.2, 0) is 4.79 Å². The number of amides is 1. The summed E-state index contributed by atoms with van der Waals surface area (Å²) in [5.41, 5.74) is 6.54. The fourth-order valence-corrected chi connectivity index (χ4v) is 1.66. The van der Waals surface area contributed by atoms with E-state index in [1.807, 2.05) is 19.9 Å². The Hall–Kier alpha value is -1.71.